The predicted octanol–water partition coefficient (Wildman–Crippen LogP) is 1.54. The van der Waals surface area contributed by atoms with Gasteiger partial charge in [0.05, 0.1) is 11.6 Å². The van der Waals surface area contributed by atoms with Crippen LogP contribution in [0.1, 0.15) is 18.4 Å². The number of rotatable bonds is 2. The molecule has 18 heavy (non-hydrogen) atoms. The molecule has 5 nitrogen and oxygen atoms in total. The van der Waals surface area contributed by atoms with Gasteiger partial charge in [-0.1, -0.05) is 0 Å². The molecule has 0 aliphatic carbocycles. The summed E-state index contributed by atoms with van der Waals surface area (Å²) in [6, 6.07) is 6.68. The number of amides is 2. The summed E-state index contributed by atoms with van der Waals surface area (Å²) in [5.74, 6) is -0.556. The average molecular weight is 308 g/mol. The van der Waals surface area contributed by atoms with Gasteiger partial charge in [-0.3, -0.25) is 14.9 Å². The van der Waals surface area contributed by atoms with Gasteiger partial charge in [0.1, 0.15) is 6.04 Å². The molecular weight excluding hydrogens is 298 g/mol. The van der Waals surface area contributed by atoms with Crippen LogP contribution in [0.3, 0.4) is 0 Å². The number of hydrogen-bond donors (Lipinski definition) is 2. The Kier molecular flexibility index (Phi) is 3.63. The number of nitriles is 1. The molecule has 2 rings (SSSR count). The molecule has 1 fully saturated rings. The van der Waals surface area contributed by atoms with Crippen LogP contribution >= 0.6 is 15.9 Å². The minimum atomic E-state index is -0.424. The highest BCUT2D eigenvalue weighted by molar-refractivity contribution is 9.10. The van der Waals surface area contributed by atoms with Gasteiger partial charge in [-0.2, -0.15) is 5.26 Å². The minimum Gasteiger partial charge on any atom is -0.373 e. The summed E-state index contributed by atoms with van der Waals surface area (Å²) in [6.07, 6.45) is 0.800. The fraction of sp³-hybridized carbons (Fsp3) is 0.250. The van der Waals surface area contributed by atoms with Crippen molar-refractivity contribution in [2.45, 2.75) is 18.9 Å². The number of nitrogens with one attached hydrogen (secondary N) is 2. The Morgan fingerprint density at radius 3 is 2.83 bits per heavy atom. The first-order valence-electron chi connectivity index (χ1n) is 5.40. The van der Waals surface area contributed by atoms with Gasteiger partial charge in [-0.15, -0.1) is 0 Å². The van der Waals surface area contributed by atoms with E-state index in [-0.39, 0.29) is 11.8 Å². The van der Waals surface area contributed by atoms with E-state index in [1.54, 1.807) is 18.2 Å². The molecule has 1 aliphatic rings. The monoisotopic (exact) mass is 307 g/mol. The average Bonchev–Trinajstić information content (AvgIpc) is 2.34. The first-order valence-corrected chi connectivity index (χ1v) is 6.19. The van der Waals surface area contributed by atoms with Crippen LogP contribution in [0, 0.1) is 11.3 Å². The molecule has 2 amide bonds. The van der Waals surface area contributed by atoms with E-state index in [0.717, 1.165) is 5.69 Å². The van der Waals surface area contributed by atoms with Crippen LogP contribution < -0.4 is 10.6 Å². The Morgan fingerprint density at radius 1 is 1.44 bits per heavy atom. The fourth-order valence-electron chi connectivity index (χ4n) is 1.72. The van der Waals surface area contributed by atoms with Crippen LogP contribution in [-0.4, -0.2) is 17.9 Å². The molecule has 1 aliphatic heterocycles. The van der Waals surface area contributed by atoms with E-state index in [9.17, 15) is 9.59 Å². The van der Waals surface area contributed by atoms with Crippen molar-refractivity contribution < 1.29 is 9.59 Å². The van der Waals surface area contributed by atoms with Crippen molar-refractivity contribution in [3.05, 3.63) is 28.2 Å². The maximum Gasteiger partial charge on any atom is 0.249 e. The van der Waals surface area contributed by atoms with E-state index in [4.69, 9.17) is 5.26 Å². The fourth-order valence-corrected chi connectivity index (χ4v) is 2.21. The molecule has 0 saturated carbocycles. The van der Waals surface area contributed by atoms with Crippen LogP contribution in [0.4, 0.5) is 5.69 Å². The third kappa shape index (κ3) is 2.68. The Morgan fingerprint density at radius 2 is 2.22 bits per heavy atom. The molecule has 0 aromatic heterocycles. The van der Waals surface area contributed by atoms with E-state index >= 15 is 0 Å². The molecule has 92 valence electrons. The van der Waals surface area contributed by atoms with Gasteiger partial charge in [0.2, 0.25) is 11.8 Å². The van der Waals surface area contributed by atoms with Crippen molar-refractivity contribution in [3.63, 3.8) is 0 Å². The first kappa shape index (κ1) is 12.6. The Bertz CT molecular complexity index is 551. The predicted molar refractivity (Wildman–Crippen MR) is 68.7 cm³/mol. The second kappa shape index (κ2) is 5.19. The third-order valence-corrected chi connectivity index (χ3v) is 3.32. The summed E-state index contributed by atoms with van der Waals surface area (Å²) in [6.45, 7) is 0. The lowest BCUT2D eigenvalue weighted by atomic mass is 10.1. The largest absolute Gasteiger partial charge is 0.373 e. The van der Waals surface area contributed by atoms with Crippen LogP contribution in [0.25, 0.3) is 0 Å². The first-order chi connectivity index (χ1) is 8.60. The number of imide groups is 1. The van der Waals surface area contributed by atoms with Gasteiger partial charge in [0.15, 0.2) is 0 Å². The zero-order valence-corrected chi connectivity index (χ0v) is 11.0. The number of carbonyl (C=O) groups is 2. The van der Waals surface area contributed by atoms with Crippen LogP contribution in [-0.2, 0) is 9.59 Å². The van der Waals surface area contributed by atoms with Gasteiger partial charge in [-0.05, 0) is 40.5 Å². The van der Waals surface area contributed by atoms with Crippen molar-refractivity contribution in [1.29, 1.82) is 5.26 Å². The van der Waals surface area contributed by atoms with Crippen LogP contribution in [0.15, 0.2) is 22.7 Å². The smallest absolute Gasteiger partial charge is 0.249 e. The summed E-state index contributed by atoms with van der Waals surface area (Å²) in [5.41, 5.74) is 1.26. The number of piperidine rings is 1. The molecule has 0 spiro atoms. The standard InChI is InChI=1S/C12H10BrN3O2/c13-8-5-7(6-14)1-2-9(8)15-10-3-4-11(17)16-12(10)18/h1-2,5,10,15H,3-4H2,(H,16,17,18). The zero-order chi connectivity index (χ0) is 13.1. The van der Waals surface area contributed by atoms with Crippen molar-refractivity contribution in [2.75, 3.05) is 5.32 Å². The number of nitrogens with zero attached hydrogens (tertiary/aromatic N) is 1. The summed E-state index contributed by atoms with van der Waals surface area (Å²) >= 11 is 3.33. The normalized spacial score (nSPS) is 19.0. The van der Waals surface area contributed by atoms with E-state index in [2.05, 4.69) is 26.6 Å². The zero-order valence-electron chi connectivity index (χ0n) is 9.37. The molecule has 1 unspecified atom stereocenters. The third-order valence-electron chi connectivity index (χ3n) is 2.67. The molecule has 1 aromatic carbocycles. The maximum atomic E-state index is 11.6. The van der Waals surface area contributed by atoms with Crippen molar-refractivity contribution in [1.82, 2.24) is 5.32 Å². The minimum absolute atomic E-state index is 0.239. The van der Waals surface area contributed by atoms with Crippen LogP contribution in [0.5, 0.6) is 0 Å². The van der Waals surface area contributed by atoms with Crippen molar-refractivity contribution in [2.24, 2.45) is 0 Å². The van der Waals surface area contributed by atoms with Crippen molar-refractivity contribution >= 4 is 33.4 Å². The topological polar surface area (TPSA) is 82.0 Å². The van der Waals surface area contributed by atoms with Gasteiger partial charge < -0.3 is 5.32 Å². The van der Waals surface area contributed by atoms with Gasteiger partial charge in [0.25, 0.3) is 0 Å². The second-order valence-corrected chi connectivity index (χ2v) is 4.81. The van der Waals surface area contributed by atoms with Gasteiger partial charge in [-0.25, -0.2) is 0 Å². The number of hydrogen-bond acceptors (Lipinski definition) is 4. The molecule has 0 radical (unpaired) electrons. The number of halogens is 1. The summed E-state index contributed by atoms with van der Waals surface area (Å²) in [5, 5.41) is 14.1. The van der Waals surface area contributed by atoms with E-state index in [0.29, 0.717) is 22.9 Å². The second-order valence-electron chi connectivity index (χ2n) is 3.95. The highest BCUT2D eigenvalue weighted by Gasteiger charge is 2.26. The maximum absolute atomic E-state index is 11.6. The molecule has 1 heterocycles. The molecule has 6 heteroatoms. The number of benzene rings is 1. The summed E-state index contributed by atoms with van der Waals surface area (Å²) in [7, 11) is 0. The van der Waals surface area contributed by atoms with E-state index in [1.807, 2.05) is 6.07 Å². The van der Waals surface area contributed by atoms with Crippen LogP contribution in [0.2, 0.25) is 0 Å². The highest BCUT2D eigenvalue weighted by Crippen LogP contribution is 2.25. The molecule has 2 N–H and O–H groups in total. The molecule has 1 aromatic rings. The Balaban J connectivity index is 2.12. The molecule has 1 atom stereocenters. The van der Waals surface area contributed by atoms with Gasteiger partial charge >= 0.3 is 0 Å². The van der Waals surface area contributed by atoms with Gasteiger partial charge in [0, 0.05) is 16.6 Å². The number of carbonyl (C=O) groups excluding carboxylic acids is 2. The van der Waals surface area contributed by atoms with Crippen molar-refractivity contribution in [3.8, 4) is 6.07 Å². The van der Waals surface area contributed by atoms with E-state index < -0.39 is 6.04 Å². The number of anilines is 1. The summed E-state index contributed by atoms with van der Waals surface area (Å²) in [4.78, 5) is 22.6. The summed E-state index contributed by atoms with van der Waals surface area (Å²) < 4.78 is 0.714. The lowest BCUT2D eigenvalue weighted by Gasteiger charge is -2.23. The Labute approximate surface area is 112 Å². The lowest BCUT2D eigenvalue weighted by Crippen LogP contribution is -2.47. The highest BCUT2D eigenvalue weighted by atomic mass is 79.9. The Hall–Kier alpha value is -1.87. The quantitative estimate of drug-likeness (QED) is 0.812. The lowest BCUT2D eigenvalue weighted by molar-refractivity contribution is -0.133. The molecular formula is C12H10BrN3O2. The van der Waals surface area contributed by atoms with E-state index in [1.165, 1.54) is 0 Å². The molecule has 1 saturated heterocycles. The molecule has 0 bridgehead atoms. The SMILES string of the molecule is N#Cc1ccc(NC2CCC(=O)NC2=O)c(Br)c1.